The lowest BCUT2D eigenvalue weighted by Gasteiger charge is -2.18. The van der Waals surface area contributed by atoms with Gasteiger partial charge >= 0.3 is 0 Å². The Morgan fingerprint density at radius 1 is 1.20 bits per heavy atom. The third-order valence-electron chi connectivity index (χ3n) is 2.78. The van der Waals surface area contributed by atoms with Crippen LogP contribution in [0.25, 0.3) is 11.4 Å². The van der Waals surface area contributed by atoms with Gasteiger partial charge in [-0.15, -0.1) is 0 Å². The highest BCUT2D eigenvalue weighted by Gasteiger charge is 2.13. The second kappa shape index (κ2) is 5.96. The Morgan fingerprint density at radius 2 is 1.90 bits per heavy atom. The van der Waals surface area contributed by atoms with Crippen molar-refractivity contribution in [3.05, 3.63) is 36.3 Å². The number of aryl methyl sites for hydroxylation is 1. The monoisotopic (exact) mass is 272 g/mol. The van der Waals surface area contributed by atoms with Crippen LogP contribution in [-0.4, -0.2) is 32.2 Å². The molecular formula is C15H20N4O. The Kier molecular flexibility index (Phi) is 4.29. The first-order valence-electron chi connectivity index (χ1n) is 6.72. The fraction of sp³-hybridized carbons (Fsp3) is 0.400. The van der Waals surface area contributed by atoms with Crippen LogP contribution in [0.2, 0.25) is 0 Å². The molecule has 0 radical (unpaired) electrons. The van der Waals surface area contributed by atoms with E-state index in [1.54, 1.807) is 26.2 Å². The van der Waals surface area contributed by atoms with Crippen LogP contribution in [0.15, 0.2) is 30.6 Å². The molecule has 0 saturated heterocycles. The maximum absolute atomic E-state index is 9.78. The summed E-state index contributed by atoms with van der Waals surface area (Å²) in [6.07, 6.45) is 4.28. The zero-order valence-electron chi connectivity index (χ0n) is 12.1. The Labute approximate surface area is 119 Å². The first-order chi connectivity index (χ1) is 9.48. The maximum atomic E-state index is 9.78. The molecule has 2 rings (SSSR count). The van der Waals surface area contributed by atoms with Gasteiger partial charge in [-0.25, -0.2) is 9.97 Å². The van der Waals surface area contributed by atoms with Gasteiger partial charge in [0.05, 0.1) is 5.60 Å². The molecule has 0 unspecified atom stereocenters. The predicted molar refractivity (Wildman–Crippen MR) is 79.4 cm³/mol. The molecule has 0 saturated carbocycles. The van der Waals surface area contributed by atoms with Gasteiger partial charge in [-0.1, -0.05) is 6.92 Å². The third-order valence-corrected chi connectivity index (χ3v) is 2.78. The summed E-state index contributed by atoms with van der Waals surface area (Å²) in [5.41, 5.74) is 1.11. The van der Waals surface area contributed by atoms with Gasteiger partial charge in [0.25, 0.3) is 0 Å². The van der Waals surface area contributed by atoms with Crippen molar-refractivity contribution in [1.82, 2.24) is 15.0 Å². The van der Waals surface area contributed by atoms with Gasteiger partial charge in [-0.3, -0.25) is 4.98 Å². The fourth-order valence-corrected chi connectivity index (χ4v) is 1.71. The van der Waals surface area contributed by atoms with E-state index in [0.29, 0.717) is 12.4 Å². The molecule has 2 aromatic rings. The quantitative estimate of drug-likeness (QED) is 0.873. The largest absolute Gasteiger partial charge is 0.389 e. The molecule has 20 heavy (non-hydrogen) atoms. The Balaban J connectivity index is 2.30. The van der Waals surface area contributed by atoms with Gasteiger partial charge in [-0.05, 0) is 32.4 Å². The van der Waals surface area contributed by atoms with Crippen molar-refractivity contribution >= 4 is 5.82 Å². The van der Waals surface area contributed by atoms with E-state index in [9.17, 15) is 5.11 Å². The molecule has 0 atom stereocenters. The molecule has 0 aliphatic rings. The molecule has 2 N–H and O–H groups in total. The normalized spacial score (nSPS) is 11.4. The van der Waals surface area contributed by atoms with Crippen LogP contribution in [0.1, 0.15) is 26.5 Å². The van der Waals surface area contributed by atoms with E-state index < -0.39 is 5.60 Å². The van der Waals surface area contributed by atoms with Crippen LogP contribution in [0.4, 0.5) is 5.82 Å². The van der Waals surface area contributed by atoms with Crippen molar-refractivity contribution < 1.29 is 5.11 Å². The van der Waals surface area contributed by atoms with Crippen molar-refractivity contribution in [1.29, 1.82) is 0 Å². The van der Waals surface area contributed by atoms with E-state index in [4.69, 9.17) is 0 Å². The van der Waals surface area contributed by atoms with Crippen LogP contribution in [0.5, 0.6) is 0 Å². The molecular weight excluding hydrogens is 252 g/mol. The summed E-state index contributed by atoms with van der Waals surface area (Å²) in [5, 5.41) is 12.9. The van der Waals surface area contributed by atoms with E-state index in [2.05, 4.69) is 27.2 Å². The minimum atomic E-state index is -0.784. The van der Waals surface area contributed by atoms with Crippen LogP contribution >= 0.6 is 0 Å². The summed E-state index contributed by atoms with van der Waals surface area (Å²) in [6.45, 7) is 6.00. The molecule has 0 bridgehead atoms. The highest BCUT2D eigenvalue weighted by Crippen LogP contribution is 2.18. The SMILES string of the molecule is CCc1cc(NCC(C)(C)O)nc(-c2ccncc2)n1. The van der Waals surface area contributed by atoms with Crippen molar-refractivity contribution in [2.45, 2.75) is 32.8 Å². The molecule has 2 aromatic heterocycles. The summed E-state index contributed by atoms with van der Waals surface area (Å²) in [7, 11) is 0. The van der Waals surface area contributed by atoms with Gasteiger partial charge in [0.15, 0.2) is 5.82 Å². The van der Waals surface area contributed by atoms with Crippen LogP contribution in [-0.2, 0) is 6.42 Å². The lowest BCUT2D eigenvalue weighted by molar-refractivity contribution is 0.0944. The predicted octanol–water partition coefficient (Wildman–Crippen LogP) is 2.28. The molecule has 0 aromatic carbocycles. The second-order valence-corrected chi connectivity index (χ2v) is 5.32. The standard InChI is InChI=1S/C15H20N4O/c1-4-12-9-13(17-10-15(2,3)20)19-14(18-12)11-5-7-16-8-6-11/h5-9,20H,4,10H2,1-3H3,(H,17,18,19). The van der Waals surface area contributed by atoms with Crippen molar-refractivity contribution in [2.75, 3.05) is 11.9 Å². The molecule has 5 heteroatoms. The molecule has 2 heterocycles. The third kappa shape index (κ3) is 3.99. The number of nitrogens with zero attached hydrogens (tertiary/aromatic N) is 3. The minimum Gasteiger partial charge on any atom is -0.389 e. The first kappa shape index (κ1) is 14.4. The topological polar surface area (TPSA) is 70.9 Å². The summed E-state index contributed by atoms with van der Waals surface area (Å²) in [4.78, 5) is 13.0. The number of hydrogen-bond donors (Lipinski definition) is 2. The van der Waals surface area contributed by atoms with Crippen molar-refractivity contribution in [3.8, 4) is 11.4 Å². The highest BCUT2D eigenvalue weighted by molar-refractivity contribution is 5.56. The average Bonchev–Trinajstić information content (AvgIpc) is 2.45. The Morgan fingerprint density at radius 3 is 2.50 bits per heavy atom. The molecule has 106 valence electrons. The fourth-order valence-electron chi connectivity index (χ4n) is 1.71. The maximum Gasteiger partial charge on any atom is 0.161 e. The van der Waals surface area contributed by atoms with Gasteiger partial charge in [0.2, 0.25) is 0 Å². The average molecular weight is 272 g/mol. The second-order valence-electron chi connectivity index (χ2n) is 5.32. The van der Waals surface area contributed by atoms with E-state index >= 15 is 0 Å². The zero-order valence-corrected chi connectivity index (χ0v) is 12.1. The lowest BCUT2D eigenvalue weighted by Crippen LogP contribution is -2.29. The molecule has 0 amide bonds. The lowest BCUT2D eigenvalue weighted by atomic mass is 10.1. The van der Waals surface area contributed by atoms with Gasteiger partial charge in [-0.2, -0.15) is 0 Å². The van der Waals surface area contributed by atoms with Crippen LogP contribution < -0.4 is 5.32 Å². The number of aliphatic hydroxyl groups is 1. The number of anilines is 1. The number of aromatic nitrogens is 3. The smallest absolute Gasteiger partial charge is 0.161 e. The van der Waals surface area contributed by atoms with Crippen molar-refractivity contribution in [2.24, 2.45) is 0 Å². The summed E-state index contributed by atoms with van der Waals surface area (Å²) < 4.78 is 0. The van der Waals surface area contributed by atoms with E-state index in [-0.39, 0.29) is 0 Å². The summed E-state index contributed by atoms with van der Waals surface area (Å²) in [6, 6.07) is 5.68. The minimum absolute atomic E-state index is 0.433. The molecule has 0 spiro atoms. The Bertz CT molecular complexity index is 564. The number of nitrogens with one attached hydrogen (secondary N) is 1. The number of hydrogen-bond acceptors (Lipinski definition) is 5. The summed E-state index contributed by atoms with van der Waals surface area (Å²) >= 11 is 0. The van der Waals surface area contributed by atoms with E-state index in [0.717, 1.165) is 23.5 Å². The van der Waals surface area contributed by atoms with Gasteiger partial charge in [0.1, 0.15) is 5.82 Å². The first-order valence-corrected chi connectivity index (χ1v) is 6.72. The zero-order chi connectivity index (χ0) is 14.6. The molecule has 0 aliphatic heterocycles. The van der Waals surface area contributed by atoms with Crippen LogP contribution in [0, 0.1) is 0 Å². The van der Waals surface area contributed by atoms with Crippen molar-refractivity contribution in [3.63, 3.8) is 0 Å². The number of pyridine rings is 1. The highest BCUT2D eigenvalue weighted by atomic mass is 16.3. The molecule has 0 fully saturated rings. The molecule has 5 nitrogen and oxygen atoms in total. The molecule has 0 aliphatic carbocycles. The van der Waals surface area contributed by atoms with Gasteiger partial charge in [0, 0.05) is 36.3 Å². The van der Waals surface area contributed by atoms with Gasteiger partial charge < -0.3 is 10.4 Å². The number of rotatable bonds is 5. The van der Waals surface area contributed by atoms with E-state index in [1.807, 2.05) is 18.2 Å². The van der Waals surface area contributed by atoms with E-state index in [1.165, 1.54) is 0 Å². The van der Waals surface area contributed by atoms with Crippen LogP contribution in [0.3, 0.4) is 0 Å². The summed E-state index contributed by atoms with van der Waals surface area (Å²) in [5.74, 6) is 1.40. The Hall–Kier alpha value is -2.01.